The second kappa shape index (κ2) is 5.49. The van der Waals surface area contributed by atoms with E-state index in [4.69, 9.17) is 11.6 Å². The lowest BCUT2D eigenvalue weighted by Gasteiger charge is -2.19. The molecular weight excluding hydrogens is 244 g/mol. The Bertz CT molecular complexity index is 494. The normalized spacial score (nSPS) is 12.4. The van der Waals surface area contributed by atoms with Gasteiger partial charge < -0.3 is 5.43 Å². The van der Waals surface area contributed by atoms with Gasteiger partial charge in [0.25, 0.3) is 0 Å². The van der Waals surface area contributed by atoms with E-state index in [1.165, 1.54) is 17.0 Å². The third-order valence-corrected chi connectivity index (χ3v) is 3.33. The van der Waals surface area contributed by atoms with Gasteiger partial charge in [-0.25, -0.2) is 0 Å². The summed E-state index contributed by atoms with van der Waals surface area (Å²) in [5.74, 6) is 0. The quantitative estimate of drug-likeness (QED) is 0.883. The molecule has 1 heterocycles. The summed E-state index contributed by atoms with van der Waals surface area (Å²) >= 11 is 5.89. The zero-order chi connectivity index (χ0) is 13.1. The van der Waals surface area contributed by atoms with Crippen LogP contribution in [0.1, 0.15) is 23.9 Å². The smallest absolute Gasteiger partial charge is 0.0436 e. The third-order valence-electron chi connectivity index (χ3n) is 3.08. The zero-order valence-electron chi connectivity index (χ0n) is 11.1. The molecule has 0 aliphatic rings. The van der Waals surface area contributed by atoms with E-state index in [1.807, 2.05) is 12.1 Å². The van der Waals surface area contributed by atoms with E-state index in [-0.39, 0.29) is 0 Å². The van der Waals surface area contributed by atoms with Crippen LogP contribution in [0.5, 0.6) is 0 Å². The molecule has 96 valence electrons. The van der Waals surface area contributed by atoms with Crippen molar-refractivity contribution in [2.24, 2.45) is 0 Å². The summed E-state index contributed by atoms with van der Waals surface area (Å²) in [5.41, 5.74) is 7.26. The van der Waals surface area contributed by atoms with Crippen molar-refractivity contribution in [3.8, 4) is 0 Å². The lowest BCUT2D eigenvalue weighted by molar-refractivity contribution is 0.662. The van der Waals surface area contributed by atoms with Crippen molar-refractivity contribution >= 4 is 11.6 Å². The van der Waals surface area contributed by atoms with Crippen LogP contribution in [-0.4, -0.2) is 10.7 Å². The molecule has 0 aliphatic heterocycles. The standard InChI is InChI=1S/C15H19ClN2/c1-11(10-14-6-8-15(16)9-7-14)17-18-12(2)4-5-13(18)3/h4-9,11,17H,10H2,1-3H3. The summed E-state index contributed by atoms with van der Waals surface area (Å²) in [6.45, 7) is 6.40. The van der Waals surface area contributed by atoms with Gasteiger partial charge in [0.2, 0.25) is 0 Å². The van der Waals surface area contributed by atoms with Crippen LogP contribution >= 0.6 is 11.6 Å². The van der Waals surface area contributed by atoms with Crippen molar-refractivity contribution < 1.29 is 0 Å². The molecule has 2 nitrogen and oxygen atoms in total. The molecule has 18 heavy (non-hydrogen) atoms. The van der Waals surface area contributed by atoms with Gasteiger partial charge in [-0.3, -0.25) is 4.68 Å². The summed E-state index contributed by atoms with van der Waals surface area (Å²) in [4.78, 5) is 0. The molecule has 1 aromatic carbocycles. The van der Waals surface area contributed by atoms with Crippen molar-refractivity contribution in [2.45, 2.75) is 33.2 Å². The van der Waals surface area contributed by atoms with Gasteiger partial charge >= 0.3 is 0 Å². The Morgan fingerprint density at radius 2 is 1.61 bits per heavy atom. The molecule has 1 unspecified atom stereocenters. The number of hydrogen-bond acceptors (Lipinski definition) is 1. The van der Waals surface area contributed by atoms with Gasteiger partial charge in [-0.1, -0.05) is 23.7 Å². The fourth-order valence-corrected chi connectivity index (χ4v) is 2.24. The molecule has 1 aromatic heterocycles. The average molecular weight is 263 g/mol. The summed E-state index contributed by atoms with van der Waals surface area (Å²) < 4.78 is 2.14. The first-order valence-corrected chi connectivity index (χ1v) is 6.60. The van der Waals surface area contributed by atoms with Crippen LogP contribution in [0.4, 0.5) is 0 Å². The minimum atomic E-state index is 0.371. The Hall–Kier alpha value is -1.41. The topological polar surface area (TPSA) is 17.0 Å². The minimum absolute atomic E-state index is 0.371. The van der Waals surface area contributed by atoms with Crippen LogP contribution in [0.25, 0.3) is 0 Å². The molecule has 3 heteroatoms. The fourth-order valence-electron chi connectivity index (χ4n) is 2.11. The molecule has 1 atom stereocenters. The fraction of sp³-hybridized carbons (Fsp3) is 0.333. The van der Waals surface area contributed by atoms with Crippen LogP contribution in [0.15, 0.2) is 36.4 Å². The van der Waals surface area contributed by atoms with Crippen LogP contribution in [0.3, 0.4) is 0 Å². The third kappa shape index (κ3) is 3.08. The SMILES string of the molecule is Cc1ccc(C)n1NC(C)Cc1ccc(Cl)cc1. The monoisotopic (exact) mass is 262 g/mol. The molecule has 0 bridgehead atoms. The van der Waals surface area contributed by atoms with E-state index < -0.39 is 0 Å². The number of halogens is 1. The van der Waals surface area contributed by atoms with Crippen molar-refractivity contribution in [2.75, 3.05) is 5.43 Å². The van der Waals surface area contributed by atoms with Gasteiger partial charge in [-0.15, -0.1) is 0 Å². The summed E-state index contributed by atoms with van der Waals surface area (Å²) in [6.07, 6.45) is 0.980. The lowest BCUT2D eigenvalue weighted by Crippen LogP contribution is -2.28. The van der Waals surface area contributed by atoms with Crippen molar-refractivity contribution in [1.82, 2.24) is 4.68 Å². The highest BCUT2D eigenvalue weighted by Crippen LogP contribution is 2.12. The van der Waals surface area contributed by atoms with Gasteiger partial charge in [0.15, 0.2) is 0 Å². The molecule has 0 saturated carbocycles. The number of aryl methyl sites for hydroxylation is 2. The predicted molar refractivity (Wildman–Crippen MR) is 77.9 cm³/mol. The number of nitrogens with one attached hydrogen (secondary N) is 1. The molecule has 0 aliphatic carbocycles. The van der Waals surface area contributed by atoms with Crippen molar-refractivity contribution in [3.63, 3.8) is 0 Å². The van der Waals surface area contributed by atoms with Crippen LogP contribution in [-0.2, 0) is 6.42 Å². The maximum atomic E-state index is 5.89. The van der Waals surface area contributed by atoms with E-state index in [0.29, 0.717) is 6.04 Å². The van der Waals surface area contributed by atoms with Crippen LogP contribution < -0.4 is 5.43 Å². The second-order valence-corrected chi connectivity index (χ2v) is 5.25. The first-order chi connectivity index (χ1) is 8.56. The first-order valence-electron chi connectivity index (χ1n) is 6.22. The molecule has 2 aromatic rings. The van der Waals surface area contributed by atoms with Crippen molar-refractivity contribution in [3.05, 3.63) is 58.4 Å². The number of aromatic nitrogens is 1. The molecule has 1 N–H and O–H groups in total. The number of nitrogens with zero attached hydrogens (tertiary/aromatic N) is 1. The zero-order valence-corrected chi connectivity index (χ0v) is 11.8. The Morgan fingerprint density at radius 1 is 1.06 bits per heavy atom. The van der Waals surface area contributed by atoms with Crippen molar-refractivity contribution in [1.29, 1.82) is 0 Å². The van der Waals surface area contributed by atoms with Crippen LogP contribution in [0, 0.1) is 13.8 Å². The number of hydrogen-bond donors (Lipinski definition) is 1. The molecule has 2 rings (SSSR count). The first kappa shape index (κ1) is 13.0. The summed E-state index contributed by atoms with van der Waals surface area (Å²) in [7, 11) is 0. The molecule has 0 fully saturated rings. The largest absolute Gasteiger partial charge is 0.323 e. The van der Waals surface area contributed by atoms with E-state index >= 15 is 0 Å². The Kier molecular flexibility index (Phi) is 3.97. The molecule has 0 spiro atoms. The maximum Gasteiger partial charge on any atom is 0.0436 e. The van der Waals surface area contributed by atoms with E-state index in [0.717, 1.165) is 11.4 Å². The van der Waals surface area contributed by atoms with Gasteiger partial charge in [0, 0.05) is 22.5 Å². The van der Waals surface area contributed by atoms with E-state index in [2.05, 4.69) is 55.1 Å². The Morgan fingerprint density at radius 3 is 2.17 bits per heavy atom. The average Bonchev–Trinajstić information content (AvgIpc) is 2.64. The summed E-state index contributed by atoms with van der Waals surface area (Å²) in [6, 6.07) is 12.7. The number of rotatable bonds is 4. The molecule has 0 saturated heterocycles. The Balaban J connectivity index is 2.01. The van der Waals surface area contributed by atoms with Gasteiger partial charge in [0.05, 0.1) is 0 Å². The highest BCUT2D eigenvalue weighted by molar-refractivity contribution is 6.30. The van der Waals surface area contributed by atoms with Gasteiger partial charge in [-0.2, -0.15) is 0 Å². The van der Waals surface area contributed by atoms with E-state index in [9.17, 15) is 0 Å². The molecule has 0 amide bonds. The molecule has 0 radical (unpaired) electrons. The summed E-state index contributed by atoms with van der Waals surface area (Å²) in [5, 5.41) is 0.788. The molecular formula is C15H19ClN2. The predicted octanol–water partition coefficient (Wildman–Crippen LogP) is 3.93. The second-order valence-electron chi connectivity index (χ2n) is 4.81. The van der Waals surface area contributed by atoms with E-state index in [1.54, 1.807) is 0 Å². The minimum Gasteiger partial charge on any atom is -0.323 e. The highest BCUT2D eigenvalue weighted by atomic mass is 35.5. The number of benzene rings is 1. The van der Waals surface area contributed by atoms with Gasteiger partial charge in [0.1, 0.15) is 0 Å². The van der Waals surface area contributed by atoms with Crippen LogP contribution in [0.2, 0.25) is 5.02 Å². The maximum absolute atomic E-state index is 5.89. The highest BCUT2D eigenvalue weighted by Gasteiger charge is 2.06. The van der Waals surface area contributed by atoms with Gasteiger partial charge in [-0.05, 0) is 57.0 Å². The Labute approximate surface area is 114 Å². The lowest BCUT2D eigenvalue weighted by atomic mass is 10.1.